The second kappa shape index (κ2) is 4.96. The van der Waals surface area contributed by atoms with Gasteiger partial charge in [-0.2, -0.15) is 4.98 Å². The summed E-state index contributed by atoms with van der Waals surface area (Å²) in [7, 11) is 0. The van der Waals surface area contributed by atoms with Crippen molar-refractivity contribution in [3.05, 3.63) is 84.9 Å². The number of fused-ring (bicyclic) bond motifs is 5. The van der Waals surface area contributed by atoms with Crippen LogP contribution in [0.1, 0.15) is 0 Å². The maximum absolute atomic E-state index is 6.09. The number of hydrogen-bond donors (Lipinski definition) is 0. The van der Waals surface area contributed by atoms with Crippen molar-refractivity contribution in [1.82, 2.24) is 9.55 Å². The van der Waals surface area contributed by atoms with E-state index < -0.39 is 0 Å². The summed E-state index contributed by atoms with van der Waals surface area (Å²) >= 11 is 0. The molecule has 0 spiro atoms. The molecule has 6 rings (SSSR count). The molecule has 0 atom stereocenters. The number of aromatic nitrogens is 2. The van der Waals surface area contributed by atoms with Gasteiger partial charge >= 0.3 is 6.01 Å². The number of para-hydroxylation sites is 3. The molecule has 2 heterocycles. The summed E-state index contributed by atoms with van der Waals surface area (Å²) < 4.78 is 8.21. The van der Waals surface area contributed by atoms with E-state index in [1.807, 2.05) is 24.3 Å². The molecule has 6 aromatic rings. The first-order valence-corrected chi connectivity index (χ1v) is 8.66. The van der Waals surface area contributed by atoms with Gasteiger partial charge in [-0.3, -0.25) is 4.57 Å². The topological polar surface area (TPSA) is 31.0 Å². The molecular formula is C23H14N2O. The molecule has 0 aliphatic heterocycles. The predicted octanol–water partition coefficient (Wildman–Crippen LogP) is 6.08. The van der Waals surface area contributed by atoms with Crippen molar-refractivity contribution in [2.45, 2.75) is 0 Å². The van der Waals surface area contributed by atoms with E-state index in [0.29, 0.717) is 6.01 Å². The summed E-state index contributed by atoms with van der Waals surface area (Å²) in [6, 6.07) is 29.8. The van der Waals surface area contributed by atoms with Crippen LogP contribution in [0.4, 0.5) is 0 Å². The molecule has 0 fully saturated rings. The minimum atomic E-state index is 0.604. The average molecular weight is 334 g/mol. The Labute approximate surface area is 149 Å². The second-order valence-corrected chi connectivity index (χ2v) is 6.53. The van der Waals surface area contributed by atoms with E-state index in [0.717, 1.165) is 22.1 Å². The third kappa shape index (κ3) is 1.80. The molecule has 0 unspecified atom stereocenters. The van der Waals surface area contributed by atoms with Crippen molar-refractivity contribution in [2.24, 2.45) is 0 Å². The van der Waals surface area contributed by atoms with Crippen LogP contribution in [-0.2, 0) is 0 Å². The fourth-order valence-corrected chi connectivity index (χ4v) is 3.82. The van der Waals surface area contributed by atoms with Gasteiger partial charge in [0, 0.05) is 10.8 Å². The molecule has 122 valence electrons. The highest BCUT2D eigenvalue weighted by molar-refractivity contribution is 6.13. The molecule has 2 aromatic heterocycles. The fourth-order valence-electron chi connectivity index (χ4n) is 3.82. The Balaban J connectivity index is 1.81. The predicted molar refractivity (Wildman–Crippen MR) is 106 cm³/mol. The van der Waals surface area contributed by atoms with Crippen LogP contribution in [0.2, 0.25) is 0 Å². The lowest BCUT2D eigenvalue weighted by Crippen LogP contribution is -1.93. The average Bonchev–Trinajstić information content (AvgIpc) is 3.24. The van der Waals surface area contributed by atoms with Crippen LogP contribution in [0.5, 0.6) is 0 Å². The van der Waals surface area contributed by atoms with Crippen LogP contribution in [0.25, 0.3) is 49.7 Å². The van der Waals surface area contributed by atoms with E-state index >= 15 is 0 Å². The summed E-state index contributed by atoms with van der Waals surface area (Å²) in [6.45, 7) is 0. The smallest absolute Gasteiger partial charge is 0.307 e. The Bertz CT molecular complexity index is 1410. The Morgan fingerprint density at radius 2 is 1.38 bits per heavy atom. The van der Waals surface area contributed by atoms with Crippen LogP contribution in [0.3, 0.4) is 0 Å². The SMILES string of the molecule is c1ccc2cc3c(cc2c1)c1ccccc1n3-c1nc2ccccc2o1. The zero-order valence-corrected chi connectivity index (χ0v) is 13.9. The molecule has 0 aliphatic rings. The Hall–Kier alpha value is -3.59. The van der Waals surface area contributed by atoms with Gasteiger partial charge in [-0.25, -0.2) is 0 Å². The summed E-state index contributed by atoms with van der Waals surface area (Å²) in [5, 5.41) is 4.86. The van der Waals surface area contributed by atoms with E-state index in [1.165, 1.54) is 21.5 Å². The van der Waals surface area contributed by atoms with Gasteiger partial charge in [-0.1, -0.05) is 54.6 Å². The molecule has 0 amide bonds. The molecule has 4 aromatic carbocycles. The van der Waals surface area contributed by atoms with Crippen molar-refractivity contribution >= 4 is 43.7 Å². The standard InChI is InChI=1S/C23H14N2O/c1-2-8-16-14-21-18(13-15(16)7-1)17-9-3-5-11-20(17)25(21)23-24-19-10-4-6-12-22(19)26-23/h1-14H. The molecule has 0 bridgehead atoms. The lowest BCUT2D eigenvalue weighted by molar-refractivity contribution is 0.574. The van der Waals surface area contributed by atoms with Gasteiger partial charge in [-0.15, -0.1) is 0 Å². The lowest BCUT2D eigenvalue weighted by Gasteiger charge is -2.03. The number of oxazole rings is 1. The molecule has 26 heavy (non-hydrogen) atoms. The van der Waals surface area contributed by atoms with Gasteiger partial charge in [0.25, 0.3) is 0 Å². The molecule has 0 radical (unpaired) electrons. The van der Waals surface area contributed by atoms with Gasteiger partial charge in [0.15, 0.2) is 5.58 Å². The van der Waals surface area contributed by atoms with E-state index in [4.69, 9.17) is 9.40 Å². The molecule has 3 heteroatoms. The largest absolute Gasteiger partial charge is 0.423 e. The lowest BCUT2D eigenvalue weighted by atomic mass is 10.1. The minimum absolute atomic E-state index is 0.604. The third-order valence-corrected chi connectivity index (χ3v) is 5.01. The van der Waals surface area contributed by atoms with Crippen LogP contribution in [0, 0.1) is 0 Å². The maximum atomic E-state index is 6.09. The van der Waals surface area contributed by atoms with Crippen LogP contribution >= 0.6 is 0 Å². The Morgan fingerprint density at radius 1 is 0.654 bits per heavy atom. The molecule has 0 aliphatic carbocycles. The van der Waals surface area contributed by atoms with Crippen molar-refractivity contribution in [3.63, 3.8) is 0 Å². The summed E-state index contributed by atoms with van der Waals surface area (Å²) in [6.07, 6.45) is 0. The first kappa shape index (κ1) is 13.7. The normalized spacial score (nSPS) is 11.8. The maximum Gasteiger partial charge on any atom is 0.307 e. The van der Waals surface area contributed by atoms with Crippen LogP contribution < -0.4 is 0 Å². The van der Waals surface area contributed by atoms with E-state index in [2.05, 4.69) is 65.2 Å². The van der Waals surface area contributed by atoms with E-state index in [1.54, 1.807) is 0 Å². The van der Waals surface area contributed by atoms with Crippen molar-refractivity contribution in [3.8, 4) is 6.01 Å². The molecule has 0 N–H and O–H groups in total. The highest BCUT2D eigenvalue weighted by Gasteiger charge is 2.16. The number of hydrogen-bond acceptors (Lipinski definition) is 2. The number of rotatable bonds is 1. The quantitative estimate of drug-likeness (QED) is 0.365. The van der Waals surface area contributed by atoms with Gasteiger partial charge in [0.2, 0.25) is 0 Å². The summed E-state index contributed by atoms with van der Waals surface area (Å²) in [5.74, 6) is 0. The highest BCUT2D eigenvalue weighted by atomic mass is 16.4. The molecule has 3 nitrogen and oxygen atoms in total. The second-order valence-electron chi connectivity index (χ2n) is 6.53. The van der Waals surface area contributed by atoms with Crippen LogP contribution in [-0.4, -0.2) is 9.55 Å². The highest BCUT2D eigenvalue weighted by Crippen LogP contribution is 2.35. The Kier molecular flexibility index (Phi) is 2.61. The molecule has 0 saturated carbocycles. The van der Waals surface area contributed by atoms with Gasteiger partial charge in [0.1, 0.15) is 5.52 Å². The van der Waals surface area contributed by atoms with Gasteiger partial charge < -0.3 is 4.42 Å². The zero-order chi connectivity index (χ0) is 17.1. The third-order valence-electron chi connectivity index (χ3n) is 5.01. The molecule has 0 saturated heterocycles. The van der Waals surface area contributed by atoms with Crippen molar-refractivity contribution in [2.75, 3.05) is 0 Å². The van der Waals surface area contributed by atoms with Crippen molar-refractivity contribution < 1.29 is 4.42 Å². The van der Waals surface area contributed by atoms with Gasteiger partial charge in [0.05, 0.1) is 11.0 Å². The van der Waals surface area contributed by atoms with Crippen molar-refractivity contribution in [1.29, 1.82) is 0 Å². The first-order valence-electron chi connectivity index (χ1n) is 8.66. The minimum Gasteiger partial charge on any atom is -0.423 e. The van der Waals surface area contributed by atoms with E-state index in [9.17, 15) is 0 Å². The summed E-state index contributed by atoms with van der Waals surface area (Å²) in [5.41, 5.74) is 3.88. The number of benzene rings is 4. The summed E-state index contributed by atoms with van der Waals surface area (Å²) in [4.78, 5) is 4.73. The van der Waals surface area contributed by atoms with E-state index in [-0.39, 0.29) is 0 Å². The Morgan fingerprint density at radius 3 is 2.27 bits per heavy atom. The first-order chi connectivity index (χ1) is 12.9. The fraction of sp³-hybridized carbons (Fsp3) is 0. The van der Waals surface area contributed by atoms with Gasteiger partial charge in [-0.05, 0) is 41.1 Å². The zero-order valence-electron chi connectivity index (χ0n) is 13.9. The van der Waals surface area contributed by atoms with Crippen LogP contribution in [0.15, 0.2) is 89.3 Å². The monoisotopic (exact) mass is 334 g/mol. The molecular weight excluding hydrogens is 320 g/mol. The number of nitrogens with zero attached hydrogens (tertiary/aromatic N) is 2.